The Bertz CT molecular complexity index is 408. The molecule has 5 atom stereocenters. The first-order chi connectivity index (χ1) is 9.65. The summed E-state index contributed by atoms with van der Waals surface area (Å²) >= 11 is 0. The van der Waals surface area contributed by atoms with E-state index in [4.69, 9.17) is 18.5 Å². The Balaban J connectivity index is 2.20. The Labute approximate surface area is 126 Å². The lowest BCUT2D eigenvalue weighted by molar-refractivity contribution is -0.125. The summed E-state index contributed by atoms with van der Waals surface area (Å²) in [6, 6.07) is 0. The molecule has 0 aromatic carbocycles. The van der Waals surface area contributed by atoms with Gasteiger partial charge in [0, 0.05) is 6.42 Å². The fourth-order valence-electron chi connectivity index (χ4n) is 3.39. The predicted molar refractivity (Wildman–Crippen MR) is 78.0 cm³/mol. The SMILES string of the molecule is CC(C)C[C@@]12CCOC([C@H](C)O1)[C@H]2OP(=O)(O)OC(C)C. The van der Waals surface area contributed by atoms with Gasteiger partial charge in [0.2, 0.25) is 0 Å². The highest BCUT2D eigenvalue weighted by Crippen LogP contribution is 2.54. The molecule has 2 aliphatic heterocycles. The van der Waals surface area contributed by atoms with Gasteiger partial charge in [-0.15, -0.1) is 0 Å². The molecule has 2 saturated heterocycles. The van der Waals surface area contributed by atoms with Gasteiger partial charge in [0.05, 0.1) is 18.8 Å². The number of phosphoric acid groups is 1. The van der Waals surface area contributed by atoms with Crippen LogP contribution in [0.1, 0.15) is 47.5 Å². The zero-order valence-electron chi connectivity index (χ0n) is 13.4. The van der Waals surface area contributed by atoms with Crippen LogP contribution in [-0.4, -0.2) is 41.5 Å². The molecule has 0 aromatic heterocycles. The van der Waals surface area contributed by atoms with Crippen molar-refractivity contribution in [1.82, 2.24) is 0 Å². The van der Waals surface area contributed by atoms with Crippen LogP contribution in [0.5, 0.6) is 0 Å². The summed E-state index contributed by atoms with van der Waals surface area (Å²) in [5.74, 6) is 0.393. The normalized spacial score (nSPS) is 39.0. The third kappa shape index (κ3) is 3.87. The van der Waals surface area contributed by atoms with E-state index in [1.807, 2.05) is 6.92 Å². The molecular formula is C14H27O6P. The molecule has 2 bridgehead atoms. The standard InChI is InChI=1S/C14H27O6P/c1-9(2)8-14-6-7-17-12(11(5)18-14)13(14)20-21(15,16)19-10(3)4/h9-13H,6-8H2,1-5H3,(H,15,16)/t11-,12?,13+,14+/m0/s1. The Morgan fingerprint density at radius 2 is 2.05 bits per heavy atom. The quantitative estimate of drug-likeness (QED) is 0.758. The van der Waals surface area contributed by atoms with E-state index in [1.165, 1.54) is 0 Å². The number of ether oxygens (including phenoxy) is 2. The largest absolute Gasteiger partial charge is 0.472 e. The Hall–Kier alpha value is 0.0300. The number of phosphoric ester groups is 1. The van der Waals surface area contributed by atoms with Crippen molar-refractivity contribution in [3.63, 3.8) is 0 Å². The van der Waals surface area contributed by atoms with Gasteiger partial charge in [-0.1, -0.05) is 13.8 Å². The molecule has 2 rings (SSSR count). The van der Waals surface area contributed by atoms with Crippen LogP contribution < -0.4 is 0 Å². The van der Waals surface area contributed by atoms with Gasteiger partial charge in [-0.25, -0.2) is 4.57 Å². The Morgan fingerprint density at radius 3 is 2.62 bits per heavy atom. The van der Waals surface area contributed by atoms with E-state index in [0.717, 1.165) is 6.42 Å². The van der Waals surface area contributed by atoms with Gasteiger partial charge < -0.3 is 14.4 Å². The summed E-state index contributed by atoms with van der Waals surface area (Å²) in [5.41, 5.74) is -0.560. The van der Waals surface area contributed by atoms with Gasteiger partial charge in [0.25, 0.3) is 0 Å². The lowest BCUT2D eigenvalue weighted by Gasteiger charge is -2.40. The van der Waals surface area contributed by atoms with Gasteiger partial charge >= 0.3 is 7.82 Å². The van der Waals surface area contributed by atoms with E-state index >= 15 is 0 Å². The lowest BCUT2D eigenvalue weighted by Crippen LogP contribution is -2.50. The van der Waals surface area contributed by atoms with Crippen LogP contribution in [0.4, 0.5) is 0 Å². The van der Waals surface area contributed by atoms with E-state index in [2.05, 4.69) is 13.8 Å². The molecule has 2 unspecified atom stereocenters. The fraction of sp³-hybridized carbons (Fsp3) is 1.00. The smallest absolute Gasteiger partial charge is 0.373 e. The maximum absolute atomic E-state index is 12.1. The summed E-state index contributed by atoms with van der Waals surface area (Å²) < 4.78 is 34.5. The highest BCUT2D eigenvalue weighted by molar-refractivity contribution is 7.47. The summed E-state index contributed by atoms with van der Waals surface area (Å²) in [6.45, 7) is 10.1. The first-order valence-corrected chi connectivity index (χ1v) is 9.14. The van der Waals surface area contributed by atoms with Gasteiger partial charge in [-0.05, 0) is 33.1 Å². The van der Waals surface area contributed by atoms with E-state index in [1.54, 1.807) is 13.8 Å². The molecular weight excluding hydrogens is 295 g/mol. The van der Waals surface area contributed by atoms with Crippen LogP contribution in [0.25, 0.3) is 0 Å². The lowest BCUT2D eigenvalue weighted by atomic mass is 9.82. The molecule has 7 heteroatoms. The van der Waals surface area contributed by atoms with Crippen molar-refractivity contribution in [3.05, 3.63) is 0 Å². The van der Waals surface area contributed by atoms with Crippen molar-refractivity contribution in [2.75, 3.05) is 6.61 Å². The third-order valence-electron chi connectivity index (χ3n) is 3.88. The Morgan fingerprint density at radius 1 is 1.38 bits per heavy atom. The second-order valence-corrected chi connectivity index (χ2v) is 8.08. The molecule has 1 N–H and O–H groups in total. The van der Waals surface area contributed by atoms with Gasteiger partial charge in [-0.2, -0.15) is 0 Å². The maximum Gasteiger partial charge on any atom is 0.472 e. The highest BCUT2D eigenvalue weighted by atomic mass is 31.2. The molecule has 2 heterocycles. The number of fused-ring (bicyclic) bond motifs is 2. The molecule has 0 radical (unpaired) electrons. The van der Waals surface area contributed by atoms with Crippen molar-refractivity contribution >= 4 is 7.82 Å². The van der Waals surface area contributed by atoms with E-state index in [0.29, 0.717) is 18.9 Å². The molecule has 124 valence electrons. The molecule has 0 aromatic rings. The van der Waals surface area contributed by atoms with Crippen LogP contribution in [0.3, 0.4) is 0 Å². The molecule has 6 nitrogen and oxygen atoms in total. The summed E-state index contributed by atoms with van der Waals surface area (Å²) in [7, 11) is -4.12. The second-order valence-electron chi connectivity index (χ2n) is 6.72. The minimum atomic E-state index is -4.12. The third-order valence-corrected chi connectivity index (χ3v) is 5.06. The fourth-order valence-corrected chi connectivity index (χ4v) is 4.57. The number of hydrogen-bond acceptors (Lipinski definition) is 5. The molecule has 2 aliphatic rings. The van der Waals surface area contributed by atoms with Crippen LogP contribution in [0.15, 0.2) is 0 Å². The predicted octanol–water partition coefficient (Wildman–Crippen LogP) is 2.89. The van der Waals surface area contributed by atoms with Gasteiger partial charge in [-0.3, -0.25) is 9.05 Å². The molecule has 0 spiro atoms. The van der Waals surface area contributed by atoms with Gasteiger partial charge in [0.15, 0.2) is 0 Å². The summed E-state index contributed by atoms with van der Waals surface area (Å²) in [5, 5.41) is 0. The van der Waals surface area contributed by atoms with Crippen LogP contribution in [0, 0.1) is 5.92 Å². The van der Waals surface area contributed by atoms with Crippen molar-refractivity contribution < 1.29 is 28.0 Å². The van der Waals surface area contributed by atoms with Crippen molar-refractivity contribution in [2.45, 2.75) is 77.5 Å². The minimum Gasteiger partial charge on any atom is -0.373 e. The van der Waals surface area contributed by atoms with E-state index in [-0.39, 0.29) is 18.3 Å². The first kappa shape index (κ1) is 17.4. The van der Waals surface area contributed by atoms with Crippen LogP contribution in [0.2, 0.25) is 0 Å². The van der Waals surface area contributed by atoms with Gasteiger partial charge in [0.1, 0.15) is 17.8 Å². The second kappa shape index (κ2) is 6.26. The highest BCUT2D eigenvalue weighted by Gasteiger charge is 2.59. The zero-order valence-corrected chi connectivity index (χ0v) is 14.3. The first-order valence-electron chi connectivity index (χ1n) is 7.64. The van der Waals surface area contributed by atoms with Crippen molar-refractivity contribution in [3.8, 4) is 0 Å². The molecule has 0 aliphatic carbocycles. The van der Waals surface area contributed by atoms with E-state index < -0.39 is 19.5 Å². The minimum absolute atomic E-state index is 0.157. The Kier molecular flexibility index (Phi) is 5.19. The zero-order chi connectivity index (χ0) is 15.8. The van der Waals surface area contributed by atoms with Crippen molar-refractivity contribution in [2.24, 2.45) is 5.92 Å². The number of hydrogen-bond donors (Lipinski definition) is 1. The van der Waals surface area contributed by atoms with Crippen molar-refractivity contribution in [1.29, 1.82) is 0 Å². The number of rotatable bonds is 6. The molecule has 0 saturated carbocycles. The average Bonchev–Trinajstić information content (AvgIpc) is 2.43. The summed E-state index contributed by atoms with van der Waals surface area (Å²) in [4.78, 5) is 9.94. The maximum atomic E-state index is 12.1. The molecule has 2 fully saturated rings. The monoisotopic (exact) mass is 322 g/mol. The molecule has 21 heavy (non-hydrogen) atoms. The van der Waals surface area contributed by atoms with Crippen LogP contribution in [-0.2, 0) is 23.1 Å². The topological polar surface area (TPSA) is 74.2 Å². The average molecular weight is 322 g/mol. The molecule has 0 amide bonds. The van der Waals surface area contributed by atoms with Crippen LogP contribution >= 0.6 is 7.82 Å². The summed E-state index contributed by atoms with van der Waals surface area (Å²) in [6.07, 6.45) is -0.00768. The van der Waals surface area contributed by atoms with E-state index in [9.17, 15) is 9.46 Å².